The molecule has 0 aromatic rings. The van der Waals surface area contributed by atoms with Crippen LogP contribution in [0.3, 0.4) is 0 Å². The molecule has 2 rings (SSSR count). The quantitative estimate of drug-likeness (QED) is 0.501. The van der Waals surface area contributed by atoms with E-state index in [1.54, 1.807) is 0 Å². The second-order valence-electron chi connectivity index (χ2n) is 6.66. The van der Waals surface area contributed by atoms with Gasteiger partial charge < -0.3 is 4.90 Å². The van der Waals surface area contributed by atoms with Gasteiger partial charge in [0.25, 0.3) is 0 Å². The summed E-state index contributed by atoms with van der Waals surface area (Å²) < 4.78 is 0. The van der Waals surface area contributed by atoms with Crippen molar-refractivity contribution in [3.05, 3.63) is 48.2 Å². The Labute approximate surface area is 124 Å². The summed E-state index contributed by atoms with van der Waals surface area (Å²) in [7, 11) is 0. The van der Waals surface area contributed by atoms with E-state index in [2.05, 4.69) is 43.2 Å². The van der Waals surface area contributed by atoms with Gasteiger partial charge in [-0.15, -0.1) is 0 Å². The summed E-state index contributed by atoms with van der Waals surface area (Å²) in [4.78, 5) is 2.53. The average molecular weight is 271 g/mol. The third-order valence-electron chi connectivity index (χ3n) is 4.89. The molecule has 1 heteroatoms. The first-order valence-electron chi connectivity index (χ1n) is 7.96. The molecule has 1 aliphatic carbocycles. The van der Waals surface area contributed by atoms with E-state index in [4.69, 9.17) is 0 Å². The van der Waals surface area contributed by atoms with Gasteiger partial charge in [-0.25, -0.2) is 0 Å². The average Bonchev–Trinajstić information content (AvgIpc) is 2.41. The number of nitrogens with zero attached hydrogens (tertiary/aromatic N) is 1. The Balaban J connectivity index is 1.96. The van der Waals surface area contributed by atoms with E-state index >= 15 is 0 Å². The van der Waals surface area contributed by atoms with E-state index in [9.17, 15) is 0 Å². The van der Waals surface area contributed by atoms with Crippen LogP contribution < -0.4 is 0 Å². The van der Waals surface area contributed by atoms with Gasteiger partial charge in [0, 0.05) is 18.8 Å². The van der Waals surface area contributed by atoms with Crippen molar-refractivity contribution in [1.82, 2.24) is 4.90 Å². The predicted molar refractivity (Wildman–Crippen MR) is 88.6 cm³/mol. The second kappa shape index (κ2) is 6.47. The first-order valence-corrected chi connectivity index (χ1v) is 7.96. The van der Waals surface area contributed by atoms with Gasteiger partial charge in [-0.2, -0.15) is 0 Å². The van der Waals surface area contributed by atoms with Crippen molar-refractivity contribution in [2.24, 2.45) is 5.41 Å². The molecule has 0 unspecified atom stereocenters. The minimum atomic E-state index is 0.572. The maximum atomic E-state index is 4.24. The zero-order valence-electron chi connectivity index (χ0n) is 13.3. The summed E-state index contributed by atoms with van der Waals surface area (Å²) in [5.74, 6) is 0. The standard InChI is InChI=1S/C19H29N/c1-5-18(9-8-16(2)3)20-13-11-19(12-14-20)10-6-7-17(4)15-19/h5,8-9H,2,4,6-7,10-15H2,1,3H3/b9-8-,18-5+. The molecule has 0 atom stereocenters. The molecule has 0 aromatic carbocycles. The van der Waals surface area contributed by atoms with E-state index in [0.717, 1.165) is 5.57 Å². The van der Waals surface area contributed by atoms with Crippen molar-refractivity contribution in [2.75, 3.05) is 13.1 Å². The largest absolute Gasteiger partial charge is 0.372 e. The van der Waals surface area contributed by atoms with Gasteiger partial charge >= 0.3 is 0 Å². The topological polar surface area (TPSA) is 3.24 Å². The van der Waals surface area contributed by atoms with Crippen LogP contribution in [0.4, 0.5) is 0 Å². The monoisotopic (exact) mass is 271 g/mol. The highest BCUT2D eigenvalue weighted by Gasteiger charge is 2.36. The fourth-order valence-corrected chi connectivity index (χ4v) is 3.70. The normalized spacial score (nSPS) is 23.6. The van der Waals surface area contributed by atoms with Crippen molar-refractivity contribution < 1.29 is 0 Å². The number of hydrogen-bond donors (Lipinski definition) is 0. The molecule has 1 nitrogen and oxygen atoms in total. The molecular weight excluding hydrogens is 242 g/mol. The SMILES string of the molecule is C=C(C)/C=C\C(=C/C)N1CCC2(CCCC(=C)C2)CC1. The molecule has 2 aliphatic rings. The third kappa shape index (κ3) is 3.65. The van der Waals surface area contributed by atoms with Crippen LogP contribution in [0.15, 0.2) is 48.2 Å². The van der Waals surface area contributed by atoms with E-state index in [1.807, 2.05) is 6.92 Å². The molecule has 0 bridgehead atoms. The summed E-state index contributed by atoms with van der Waals surface area (Å²) in [5, 5.41) is 0. The molecule has 1 aliphatic heterocycles. The fourth-order valence-electron chi connectivity index (χ4n) is 3.70. The highest BCUT2D eigenvalue weighted by atomic mass is 15.1. The van der Waals surface area contributed by atoms with Crippen LogP contribution in [0.25, 0.3) is 0 Å². The van der Waals surface area contributed by atoms with Gasteiger partial charge in [-0.1, -0.05) is 36.5 Å². The summed E-state index contributed by atoms with van der Waals surface area (Å²) in [6.07, 6.45) is 14.5. The van der Waals surface area contributed by atoms with Crippen LogP contribution in [-0.4, -0.2) is 18.0 Å². The smallest absolute Gasteiger partial charge is 0.0322 e. The van der Waals surface area contributed by atoms with Crippen molar-refractivity contribution >= 4 is 0 Å². The van der Waals surface area contributed by atoms with Crippen molar-refractivity contribution in [3.8, 4) is 0 Å². The van der Waals surface area contributed by atoms with Crippen molar-refractivity contribution in [2.45, 2.75) is 52.4 Å². The first kappa shape index (κ1) is 15.2. The molecule has 1 saturated heterocycles. The number of piperidine rings is 1. The minimum absolute atomic E-state index is 0.572. The van der Waals surface area contributed by atoms with Crippen LogP contribution in [0.1, 0.15) is 52.4 Å². The maximum absolute atomic E-state index is 4.24. The molecular formula is C19H29N. The molecule has 1 saturated carbocycles. The van der Waals surface area contributed by atoms with Gasteiger partial charge in [-0.3, -0.25) is 0 Å². The van der Waals surface area contributed by atoms with E-state index in [1.165, 1.54) is 62.9 Å². The Morgan fingerprint density at radius 1 is 1.20 bits per heavy atom. The van der Waals surface area contributed by atoms with Gasteiger partial charge in [-0.05, 0) is 63.9 Å². The van der Waals surface area contributed by atoms with Crippen LogP contribution >= 0.6 is 0 Å². The fraction of sp³-hybridized carbons (Fsp3) is 0.579. The van der Waals surface area contributed by atoms with E-state index in [0.29, 0.717) is 5.41 Å². The lowest BCUT2D eigenvalue weighted by Crippen LogP contribution is -2.40. The molecule has 2 fully saturated rings. The predicted octanol–water partition coefficient (Wildman–Crippen LogP) is 5.23. The van der Waals surface area contributed by atoms with Crippen LogP contribution in [-0.2, 0) is 0 Å². The lowest BCUT2D eigenvalue weighted by atomic mass is 9.67. The van der Waals surface area contributed by atoms with Gasteiger partial charge in [0.2, 0.25) is 0 Å². The summed E-state index contributed by atoms with van der Waals surface area (Å²) >= 11 is 0. The van der Waals surface area contributed by atoms with Gasteiger partial charge in [0.05, 0.1) is 0 Å². The van der Waals surface area contributed by atoms with Crippen LogP contribution in [0, 0.1) is 5.41 Å². The Morgan fingerprint density at radius 2 is 1.90 bits per heavy atom. The van der Waals surface area contributed by atoms with Crippen molar-refractivity contribution in [1.29, 1.82) is 0 Å². The summed E-state index contributed by atoms with van der Waals surface area (Å²) in [5.41, 5.74) is 4.51. The number of hydrogen-bond acceptors (Lipinski definition) is 1. The Kier molecular flexibility index (Phi) is 4.91. The Bertz CT molecular complexity index is 431. The Morgan fingerprint density at radius 3 is 2.45 bits per heavy atom. The van der Waals surface area contributed by atoms with E-state index in [-0.39, 0.29) is 0 Å². The maximum Gasteiger partial charge on any atom is 0.0322 e. The minimum Gasteiger partial charge on any atom is -0.372 e. The number of likely N-dealkylation sites (tertiary alicyclic amines) is 1. The summed E-state index contributed by atoms with van der Waals surface area (Å²) in [6, 6.07) is 0. The molecule has 20 heavy (non-hydrogen) atoms. The van der Waals surface area contributed by atoms with Crippen LogP contribution in [0.2, 0.25) is 0 Å². The van der Waals surface area contributed by atoms with Crippen LogP contribution in [0.5, 0.6) is 0 Å². The van der Waals surface area contributed by atoms with E-state index < -0.39 is 0 Å². The zero-order valence-corrected chi connectivity index (χ0v) is 13.3. The molecule has 0 N–H and O–H groups in total. The van der Waals surface area contributed by atoms with Crippen molar-refractivity contribution in [3.63, 3.8) is 0 Å². The lowest BCUT2D eigenvalue weighted by molar-refractivity contribution is 0.104. The second-order valence-corrected chi connectivity index (χ2v) is 6.66. The highest BCUT2D eigenvalue weighted by molar-refractivity contribution is 5.24. The molecule has 0 radical (unpaired) electrons. The number of allylic oxidation sites excluding steroid dienone is 5. The first-order chi connectivity index (χ1) is 9.54. The lowest BCUT2D eigenvalue weighted by Gasteiger charge is -2.45. The number of rotatable bonds is 3. The molecule has 1 spiro atoms. The molecule has 110 valence electrons. The molecule has 0 amide bonds. The zero-order chi connectivity index (χ0) is 14.6. The highest BCUT2D eigenvalue weighted by Crippen LogP contribution is 2.46. The molecule has 1 heterocycles. The Hall–Kier alpha value is -1.24. The summed E-state index contributed by atoms with van der Waals surface area (Å²) in [6.45, 7) is 14.7. The third-order valence-corrected chi connectivity index (χ3v) is 4.89. The van der Waals surface area contributed by atoms with Gasteiger partial charge in [0.1, 0.15) is 0 Å². The van der Waals surface area contributed by atoms with Gasteiger partial charge in [0.15, 0.2) is 0 Å². The molecule has 0 aromatic heterocycles.